The molecular formula is C22H20ClN5O2. The lowest BCUT2D eigenvalue weighted by molar-refractivity contribution is -0.116. The average Bonchev–Trinajstić information content (AvgIpc) is 3.16. The summed E-state index contributed by atoms with van der Waals surface area (Å²) >= 11 is 5.99. The second kappa shape index (κ2) is 8.12. The minimum Gasteiger partial charge on any atom is -0.326 e. The molecule has 7 nitrogen and oxygen atoms in total. The van der Waals surface area contributed by atoms with E-state index in [1.54, 1.807) is 16.8 Å². The average molecular weight is 422 g/mol. The molecule has 152 valence electrons. The van der Waals surface area contributed by atoms with Crippen molar-refractivity contribution in [3.8, 4) is 5.69 Å². The van der Waals surface area contributed by atoms with E-state index in [0.717, 1.165) is 16.8 Å². The summed E-state index contributed by atoms with van der Waals surface area (Å²) in [6.45, 7) is 4.11. The van der Waals surface area contributed by atoms with Crippen LogP contribution in [0.1, 0.15) is 17.5 Å². The molecule has 1 N–H and O–H groups in total. The van der Waals surface area contributed by atoms with Crippen molar-refractivity contribution in [3.05, 3.63) is 81.5 Å². The van der Waals surface area contributed by atoms with Crippen LogP contribution < -0.4 is 10.9 Å². The molecule has 2 aromatic heterocycles. The van der Waals surface area contributed by atoms with Gasteiger partial charge in [0.2, 0.25) is 5.91 Å². The monoisotopic (exact) mass is 421 g/mol. The fraction of sp³-hybridized carbons (Fsp3) is 0.182. The van der Waals surface area contributed by atoms with Gasteiger partial charge in [-0.3, -0.25) is 14.2 Å². The SMILES string of the molecule is Cc1ccc(-n2ncc3c(=O)n(CCC(=O)Nc4cc(Cl)ccc4C)cnc32)cc1. The molecule has 4 aromatic rings. The maximum atomic E-state index is 12.8. The third-order valence-electron chi connectivity index (χ3n) is 4.89. The summed E-state index contributed by atoms with van der Waals surface area (Å²) in [6.07, 6.45) is 3.09. The summed E-state index contributed by atoms with van der Waals surface area (Å²) in [4.78, 5) is 29.6. The molecular weight excluding hydrogens is 402 g/mol. The molecule has 0 atom stereocenters. The summed E-state index contributed by atoms with van der Waals surface area (Å²) in [6, 6.07) is 13.1. The molecule has 1 amide bonds. The van der Waals surface area contributed by atoms with E-state index < -0.39 is 0 Å². The lowest BCUT2D eigenvalue weighted by atomic mass is 10.2. The minimum absolute atomic E-state index is 0.130. The van der Waals surface area contributed by atoms with Crippen LogP contribution in [0.2, 0.25) is 5.02 Å². The van der Waals surface area contributed by atoms with E-state index in [1.165, 1.54) is 17.1 Å². The Morgan fingerprint density at radius 1 is 1.13 bits per heavy atom. The predicted octanol–water partition coefficient (Wildman–Crippen LogP) is 3.88. The molecule has 4 rings (SSSR count). The molecule has 0 aliphatic carbocycles. The van der Waals surface area contributed by atoms with E-state index in [-0.39, 0.29) is 24.4 Å². The van der Waals surface area contributed by atoms with Crippen molar-refractivity contribution in [2.75, 3.05) is 5.32 Å². The van der Waals surface area contributed by atoms with Gasteiger partial charge in [-0.15, -0.1) is 0 Å². The van der Waals surface area contributed by atoms with E-state index in [9.17, 15) is 9.59 Å². The fourth-order valence-corrected chi connectivity index (χ4v) is 3.32. The molecule has 0 bridgehead atoms. The number of aromatic nitrogens is 4. The highest BCUT2D eigenvalue weighted by atomic mass is 35.5. The van der Waals surface area contributed by atoms with Gasteiger partial charge in [0.15, 0.2) is 5.65 Å². The summed E-state index contributed by atoms with van der Waals surface area (Å²) < 4.78 is 3.06. The Bertz CT molecular complexity index is 1290. The molecule has 0 saturated heterocycles. The van der Waals surface area contributed by atoms with E-state index >= 15 is 0 Å². The Labute approximate surface area is 177 Å². The van der Waals surface area contributed by atoms with Gasteiger partial charge in [-0.1, -0.05) is 35.4 Å². The van der Waals surface area contributed by atoms with Crippen LogP contribution in [0, 0.1) is 13.8 Å². The number of benzene rings is 2. The summed E-state index contributed by atoms with van der Waals surface area (Å²) in [5.41, 5.74) is 3.79. The third-order valence-corrected chi connectivity index (χ3v) is 5.12. The number of halogens is 1. The largest absolute Gasteiger partial charge is 0.326 e. The first kappa shape index (κ1) is 19.8. The highest BCUT2D eigenvalue weighted by molar-refractivity contribution is 6.31. The Kier molecular flexibility index (Phi) is 5.37. The molecule has 0 spiro atoms. The number of rotatable bonds is 5. The van der Waals surface area contributed by atoms with Crippen LogP contribution in [0.25, 0.3) is 16.7 Å². The number of aryl methyl sites for hydroxylation is 3. The Hall–Kier alpha value is -3.45. The Balaban J connectivity index is 1.52. The molecule has 0 unspecified atom stereocenters. The van der Waals surface area contributed by atoms with Gasteiger partial charge < -0.3 is 5.32 Å². The van der Waals surface area contributed by atoms with Gasteiger partial charge in [-0.05, 0) is 43.7 Å². The maximum Gasteiger partial charge on any atom is 0.264 e. The van der Waals surface area contributed by atoms with Crippen LogP contribution in [0.15, 0.2) is 59.8 Å². The van der Waals surface area contributed by atoms with Crippen molar-refractivity contribution in [2.45, 2.75) is 26.8 Å². The summed E-state index contributed by atoms with van der Waals surface area (Å²) in [5, 5.41) is 8.10. The zero-order valence-electron chi connectivity index (χ0n) is 16.6. The highest BCUT2D eigenvalue weighted by Crippen LogP contribution is 2.20. The van der Waals surface area contributed by atoms with Gasteiger partial charge in [0, 0.05) is 23.7 Å². The third kappa shape index (κ3) is 3.97. The fourth-order valence-electron chi connectivity index (χ4n) is 3.15. The van der Waals surface area contributed by atoms with Crippen LogP contribution >= 0.6 is 11.6 Å². The first-order chi connectivity index (χ1) is 14.4. The van der Waals surface area contributed by atoms with Crippen molar-refractivity contribution in [3.63, 3.8) is 0 Å². The first-order valence-corrected chi connectivity index (χ1v) is 9.86. The van der Waals surface area contributed by atoms with Crippen LogP contribution in [0.4, 0.5) is 5.69 Å². The van der Waals surface area contributed by atoms with Gasteiger partial charge >= 0.3 is 0 Å². The lowest BCUT2D eigenvalue weighted by Crippen LogP contribution is -2.23. The number of carbonyl (C=O) groups is 1. The quantitative estimate of drug-likeness (QED) is 0.530. The number of nitrogens with one attached hydrogen (secondary N) is 1. The molecule has 0 aliphatic rings. The zero-order chi connectivity index (χ0) is 21.3. The van der Waals surface area contributed by atoms with Crippen molar-refractivity contribution >= 4 is 34.2 Å². The number of amides is 1. The molecule has 0 aliphatic heterocycles. The smallest absolute Gasteiger partial charge is 0.264 e. The normalized spacial score (nSPS) is 11.0. The summed E-state index contributed by atoms with van der Waals surface area (Å²) in [7, 11) is 0. The predicted molar refractivity (Wildman–Crippen MR) is 117 cm³/mol. The number of carbonyl (C=O) groups excluding carboxylic acids is 1. The van der Waals surface area contributed by atoms with E-state index in [4.69, 9.17) is 11.6 Å². The number of nitrogens with zero attached hydrogens (tertiary/aromatic N) is 4. The topological polar surface area (TPSA) is 81.8 Å². The van der Waals surface area contributed by atoms with Crippen molar-refractivity contribution < 1.29 is 4.79 Å². The van der Waals surface area contributed by atoms with Crippen LogP contribution in [0.5, 0.6) is 0 Å². The van der Waals surface area contributed by atoms with E-state index in [2.05, 4.69) is 15.4 Å². The van der Waals surface area contributed by atoms with E-state index in [1.807, 2.05) is 44.2 Å². The van der Waals surface area contributed by atoms with Crippen molar-refractivity contribution in [1.82, 2.24) is 19.3 Å². The minimum atomic E-state index is -0.231. The van der Waals surface area contributed by atoms with Crippen LogP contribution in [-0.2, 0) is 11.3 Å². The zero-order valence-corrected chi connectivity index (χ0v) is 17.3. The maximum absolute atomic E-state index is 12.8. The van der Waals surface area contributed by atoms with Crippen molar-refractivity contribution in [2.24, 2.45) is 0 Å². The molecule has 30 heavy (non-hydrogen) atoms. The number of hydrogen-bond donors (Lipinski definition) is 1. The number of fused-ring (bicyclic) bond motifs is 1. The first-order valence-electron chi connectivity index (χ1n) is 9.48. The number of hydrogen-bond acceptors (Lipinski definition) is 4. The Morgan fingerprint density at radius 2 is 1.90 bits per heavy atom. The van der Waals surface area contributed by atoms with Crippen LogP contribution in [0.3, 0.4) is 0 Å². The summed E-state index contributed by atoms with van der Waals surface area (Å²) in [5.74, 6) is -0.206. The van der Waals surface area contributed by atoms with Gasteiger partial charge in [0.25, 0.3) is 5.56 Å². The Morgan fingerprint density at radius 3 is 2.67 bits per heavy atom. The standard InChI is InChI=1S/C22H20ClN5O2/c1-14-3-7-17(8-4-14)28-21-18(12-25-28)22(30)27(13-24-21)10-9-20(29)26-19-11-16(23)6-5-15(19)2/h3-8,11-13H,9-10H2,1-2H3,(H,26,29). The van der Waals surface area contributed by atoms with Crippen LogP contribution in [-0.4, -0.2) is 25.2 Å². The van der Waals surface area contributed by atoms with Gasteiger partial charge in [0.05, 0.1) is 18.2 Å². The molecule has 0 fully saturated rings. The molecule has 0 saturated carbocycles. The molecule has 0 radical (unpaired) electrons. The molecule has 2 aromatic carbocycles. The number of anilines is 1. The van der Waals surface area contributed by atoms with Gasteiger partial charge in [-0.2, -0.15) is 5.10 Å². The second-order valence-corrected chi connectivity index (χ2v) is 7.57. The highest BCUT2D eigenvalue weighted by Gasteiger charge is 2.13. The lowest BCUT2D eigenvalue weighted by Gasteiger charge is -2.10. The molecule has 8 heteroatoms. The van der Waals surface area contributed by atoms with Gasteiger partial charge in [-0.25, -0.2) is 9.67 Å². The van der Waals surface area contributed by atoms with Gasteiger partial charge in [0.1, 0.15) is 5.39 Å². The second-order valence-electron chi connectivity index (χ2n) is 7.13. The van der Waals surface area contributed by atoms with Crippen molar-refractivity contribution in [1.29, 1.82) is 0 Å². The van der Waals surface area contributed by atoms with E-state index in [0.29, 0.717) is 21.7 Å². The molecule has 2 heterocycles.